The molecule has 6 nitrogen and oxygen atoms in total. The molecule has 0 spiro atoms. The van der Waals surface area contributed by atoms with E-state index in [0.29, 0.717) is 18.1 Å². The normalized spacial score (nSPS) is 11.1. The summed E-state index contributed by atoms with van der Waals surface area (Å²) in [5, 5.41) is 0. The molecule has 0 heterocycles. The summed E-state index contributed by atoms with van der Waals surface area (Å²) in [7, 11) is -4.13. The van der Waals surface area contributed by atoms with Gasteiger partial charge in [0.05, 0.1) is 17.2 Å². The number of hydrogen-bond donors (Lipinski definition) is 0. The fourth-order valence-corrected chi connectivity index (χ4v) is 4.40. The fraction of sp³-hybridized carbons (Fsp3) is 0.208. The molecule has 0 aliphatic carbocycles. The molecule has 0 N–H and O–H groups in total. The second-order valence-electron chi connectivity index (χ2n) is 6.94. The number of anilines is 1. The Balaban J connectivity index is 1.92. The van der Waals surface area contributed by atoms with E-state index in [4.69, 9.17) is 9.47 Å². The number of carbonyl (C=O) groups is 1. The average molecular weight is 440 g/mol. The lowest BCUT2D eigenvalue weighted by Crippen LogP contribution is -2.40. The van der Waals surface area contributed by atoms with Crippen molar-refractivity contribution in [3.05, 3.63) is 83.9 Å². The first kappa shape index (κ1) is 22.4. The van der Waals surface area contributed by atoms with Gasteiger partial charge in [0.2, 0.25) is 0 Å². The van der Waals surface area contributed by atoms with Crippen molar-refractivity contribution in [2.45, 2.75) is 25.7 Å². The van der Waals surface area contributed by atoms with Crippen molar-refractivity contribution < 1.29 is 22.7 Å². The first-order valence-corrected chi connectivity index (χ1v) is 11.3. The molecule has 162 valence electrons. The molecule has 0 atom stereocenters. The molecule has 31 heavy (non-hydrogen) atoms. The summed E-state index contributed by atoms with van der Waals surface area (Å²) >= 11 is 0. The third-order valence-electron chi connectivity index (χ3n) is 4.73. The molecule has 0 aliphatic rings. The van der Waals surface area contributed by atoms with Crippen LogP contribution in [0.2, 0.25) is 0 Å². The van der Waals surface area contributed by atoms with E-state index in [-0.39, 0.29) is 10.6 Å². The molecule has 3 aromatic rings. The minimum Gasteiger partial charge on any atom is -0.494 e. The lowest BCUT2D eigenvalue weighted by Gasteiger charge is -2.23. The number of benzene rings is 3. The predicted molar refractivity (Wildman–Crippen MR) is 120 cm³/mol. The van der Waals surface area contributed by atoms with E-state index in [0.717, 1.165) is 15.4 Å². The Hall–Kier alpha value is -3.32. The summed E-state index contributed by atoms with van der Waals surface area (Å²) in [4.78, 5) is 13.1. The zero-order valence-electron chi connectivity index (χ0n) is 17.7. The van der Waals surface area contributed by atoms with Crippen molar-refractivity contribution in [1.29, 1.82) is 0 Å². The van der Waals surface area contributed by atoms with Crippen LogP contribution in [0.3, 0.4) is 0 Å². The topological polar surface area (TPSA) is 72.9 Å². The van der Waals surface area contributed by atoms with Gasteiger partial charge in [-0.05, 0) is 80.4 Å². The van der Waals surface area contributed by atoms with E-state index < -0.39 is 22.5 Å². The zero-order valence-corrected chi connectivity index (χ0v) is 18.6. The zero-order chi connectivity index (χ0) is 22.4. The van der Waals surface area contributed by atoms with Gasteiger partial charge in [0.25, 0.3) is 15.9 Å². The molecule has 7 heteroatoms. The lowest BCUT2D eigenvalue weighted by molar-refractivity contribution is -0.119. The van der Waals surface area contributed by atoms with Crippen LogP contribution in [0.4, 0.5) is 5.69 Å². The number of amides is 1. The third-order valence-corrected chi connectivity index (χ3v) is 6.49. The molecule has 3 aromatic carbocycles. The number of hydrogen-bond acceptors (Lipinski definition) is 5. The van der Waals surface area contributed by atoms with Gasteiger partial charge >= 0.3 is 0 Å². The van der Waals surface area contributed by atoms with Crippen molar-refractivity contribution in [1.82, 2.24) is 0 Å². The van der Waals surface area contributed by atoms with Gasteiger partial charge in [-0.2, -0.15) is 4.31 Å². The minimum absolute atomic E-state index is 0.0171. The van der Waals surface area contributed by atoms with Crippen LogP contribution in [0.1, 0.15) is 18.1 Å². The van der Waals surface area contributed by atoms with Crippen LogP contribution in [-0.2, 0) is 14.8 Å². The number of sulfonamides is 1. The summed E-state index contributed by atoms with van der Waals surface area (Å²) in [5.74, 6) is 0.383. The van der Waals surface area contributed by atoms with Gasteiger partial charge < -0.3 is 9.47 Å². The van der Waals surface area contributed by atoms with Gasteiger partial charge in [0.1, 0.15) is 11.5 Å². The van der Waals surface area contributed by atoms with E-state index in [9.17, 15) is 13.2 Å². The van der Waals surface area contributed by atoms with E-state index >= 15 is 0 Å². The van der Waals surface area contributed by atoms with Crippen LogP contribution >= 0.6 is 0 Å². The van der Waals surface area contributed by atoms with E-state index in [2.05, 4.69) is 0 Å². The number of nitrogens with zero attached hydrogens (tertiary/aromatic N) is 1. The van der Waals surface area contributed by atoms with Gasteiger partial charge in [0.15, 0.2) is 6.61 Å². The summed E-state index contributed by atoms with van der Waals surface area (Å²) in [6, 6.07) is 19.6. The van der Waals surface area contributed by atoms with Crippen LogP contribution in [0, 0.1) is 13.8 Å². The molecule has 1 amide bonds. The van der Waals surface area contributed by atoms with Gasteiger partial charge in [0, 0.05) is 0 Å². The van der Waals surface area contributed by atoms with Crippen molar-refractivity contribution in [3.63, 3.8) is 0 Å². The number of carbonyl (C=O) groups excluding carboxylic acids is 1. The Morgan fingerprint density at radius 1 is 0.839 bits per heavy atom. The standard InChI is InChI=1S/C24H25NO5S/c1-4-29-21-14-11-20(12-15-21)25(31(27,28)23-8-6-5-7-9-23)24(26)17-30-22-13-10-18(2)19(3)16-22/h5-16H,4,17H2,1-3H3. The summed E-state index contributed by atoms with van der Waals surface area (Å²) in [6.07, 6.45) is 0. The fourth-order valence-electron chi connectivity index (χ4n) is 2.97. The lowest BCUT2D eigenvalue weighted by atomic mass is 10.1. The van der Waals surface area contributed by atoms with Crippen molar-refractivity contribution >= 4 is 21.6 Å². The molecule has 0 aliphatic heterocycles. The smallest absolute Gasteiger partial charge is 0.278 e. The second kappa shape index (κ2) is 9.66. The summed E-state index contributed by atoms with van der Waals surface area (Å²) in [6.45, 7) is 5.82. The highest BCUT2D eigenvalue weighted by Crippen LogP contribution is 2.26. The van der Waals surface area contributed by atoms with Gasteiger partial charge in [-0.25, -0.2) is 8.42 Å². The molecular weight excluding hydrogens is 414 g/mol. The van der Waals surface area contributed by atoms with Crippen LogP contribution in [0.5, 0.6) is 11.5 Å². The van der Waals surface area contributed by atoms with Crippen LogP contribution in [-0.4, -0.2) is 27.5 Å². The van der Waals surface area contributed by atoms with Crippen molar-refractivity contribution in [2.24, 2.45) is 0 Å². The molecule has 3 rings (SSSR count). The van der Waals surface area contributed by atoms with E-state index in [1.807, 2.05) is 32.9 Å². The molecule has 0 fully saturated rings. The van der Waals surface area contributed by atoms with Crippen LogP contribution in [0.15, 0.2) is 77.7 Å². The van der Waals surface area contributed by atoms with Gasteiger partial charge in [-0.3, -0.25) is 4.79 Å². The molecule has 0 bridgehead atoms. The average Bonchev–Trinajstić information content (AvgIpc) is 2.76. The van der Waals surface area contributed by atoms with Crippen LogP contribution in [0.25, 0.3) is 0 Å². The minimum atomic E-state index is -4.13. The quantitative estimate of drug-likeness (QED) is 0.517. The Bertz CT molecular complexity index is 1140. The monoisotopic (exact) mass is 439 g/mol. The van der Waals surface area contributed by atoms with E-state index in [1.165, 1.54) is 12.1 Å². The Morgan fingerprint density at radius 2 is 1.48 bits per heavy atom. The summed E-state index contributed by atoms with van der Waals surface area (Å²) in [5.41, 5.74) is 2.33. The Kier molecular flexibility index (Phi) is 6.97. The highest BCUT2D eigenvalue weighted by atomic mass is 32.2. The van der Waals surface area contributed by atoms with Crippen LogP contribution < -0.4 is 13.8 Å². The third kappa shape index (κ3) is 5.24. The molecule has 0 unspecified atom stereocenters. The highest BCUT2D eigenvalue weighted by molar-refractivity contribution is 7.93. The molecule has 0 aromatic heterocycles. The van der Waals surface area contributed by atoms with E-state index in [1.54, 1.807) is 48.5 Å². The maximum Gasteiger partial charge on any atom is 0.278 e. The second-order valence-corrected chi connectivity index (χ2v) is 8.72. The Morgan fingerprint density at radius 3 is 2.10 bits per heavy atom. The maximum absolute atomic E-state index is 13.3. The number of ether oxygens (including phenoxy) is 2. The summed E-state index contributed by atoms with van der Waals surface area (Å²) < 4.78 is 38.4. The number of aryl methyl sites for hydroxylation is 2. The highest BCUT2D eigenvalue weighted by Gasteiger charge is 2.31. The van der Waals surface area contributed by atoms with Crippen molar-refractivity contribution in [2.75, 3.05) is 17.5 Å². The molecule has 0 radical (unpaired) electrons. The largest absolute Gasteiger partial charge is 0.494 e. The maximum atomic E-state index is 13.3. The SMILES string of the molecule is CCOc1ccc(N(C(=O)COc2ccc(C)c(C)c2)S(=O)(=O)c2ccccc2)cc1. The predicted octanol–water partition coefficient (Wildman–Crippen LogP) is 4.50. The Labute approximate surface area is 183 Å². The molecule has 0 saturated carbocycles. The van der Waals surface area contributed by atoms with Gasteiger partial charge in [-0.1, -0.05) is 24.3 Å². The first-order valence-electron chi connectivity index (χ1n) is 9.89. The number of rotatable bonds is 8. The molecular formula is C24H25NO5S. The van der Waals surface area contributed by atoms with Crippen molar-refractivity contribution in [3.8, 4) is 11.5 Å². The van der Waals surface area contributed by atoms with Gasteiger partial charge in [-0.15, -0.1) is 0 Å². The molecule has 0 saturated heterocycles. The first-order chi connectivity index (χ1) is 14.8.